The molecule has 0 atom stereocenters. The van der Waals surface area contributed by atoms with Crippen molar-refractivity contribution in [2.24, 2.45) is 0 Å². The molecule has 4 heteroatoms. The van der Waals surface area contributed by atoms with E-state index in [1.807, 2.05) is 0 Å². The van der Waals surface area contributed by atoms with Gasteiger partial charge in [0, 0.05) is 17.3 Å². The van der Waals surface area contributed by atoms with Crippen LogP contribution in [0.2, 0.25) is 0 Å². The zero-order valence-electron chi connectivity index (χ0n) is 8.89. The van der Waals surface area contributed by atoms with Gasteiger partial charge in [-0.3, -0.25) is 4.98 Å². The minimum absolute atomic E-state index is 0.214. The summed E-state index contributed by atoms with van der Waals surface area (Å²) in [6.07, 6.45) is -2.92. The minimum Gasteiger partial charge on any atom is -0.261 e. The van der Waals surface area contributed by atoms with Gasteiger partial charge in [0.15, 0.2) is 0 Å². The molecular weight excluding hydrogens is 215 g/mol. The molecule has 2 aromatic rings. The molecule has 0 saturated heterocycles. The highest BCUT2D eigenvalue weighted by Gasteiger charge is 2.32. The first-order valence-electron chi connectivity index (χ1n) is 4.83. The van der Waals surface area contributed by atoms with Gasteiger partial charge in [0.2, 0.25) is 0 Å². The van der Waals surface area contributed by atoms with Gasteiger partial charge in [-0.2, -0.15) is 13.2 Å². The van der Waals surface area contributed by atoms with Crippen LogP contribution in [-0.2, 0) is 6.18 Å². The Labute approximate surface area is 90.9 Å². The molecule has 0 unspecified atom stereocenters. The van der Waals surface area contributed by atoms with Crippen molar-refractivity contribution in [2.75, 3.05) is 0 Å². The second-order valence-corrected chi connectivity index (χ2v) is 3.80. The maximum absolute atomic E-state index is 12.8. The first-order chi connectivity index (χ1) is 7.39. The molecule has 2 rings (SSSR count). The lowest BCUT2D eigenvalue weighted by Gasteiger charge is -2.12. The van der Waals surface area contributed by atoms with Crippen LogP contribution >= 0.6 is 0 Å². The average molecular weight is 225 g/mol. The predicted molar refractivity (Wildman–Crippen MR) is 56.2 cm³/mol. The summed E-state index contributed by atoms with van der Waals surface area (Å²) in [6.45, 7) is 3.36. The fraction of sp³-hybridized carbons (Fsp3) is 0.250. The van der Waals surface area contributed by atoms with Gasteiger partial charge in [0.25, 0.3) is 0 Å². The molecule has 0 saturated carbocycles. The number of aromatic nitrogens is 1. The van der Waals surface area contributed by atoms with Gasteiger partial charge in [-0.05, 0) is 43.0 Å². The van der Waals surface area contributed by atoms with Gasteiger partial charge in [-0.25, -0.2) is 0 Å². The number of pyridine rings is 1. The van der Waals surface area contributed by atoms with E-state index in [1.165, 1.54) is 18.3 Å². The van der Waals surface area contributed by atoms with Crippen LogP contribution in [-0.4, -0.2) is 4.98 Å². The van der Waals surface area contributed by atoms with E-state index in [9.17, 15) is 13.2 Å². The SMILES string of the molecule is Cc1cc(C(F)(F)F)c2ccnc(C)c2c1. The number of rotatable bonds is 0. The maximum Gasteiger partial charge on any atom is 0.417 e. The second kappa shape index (κ2) is 3.47. The summed E-state index contributed by atoms with van der Waals surface area (Å²) in [5.74, 6) is 0. The summed E-state index contributed by atoms with van der Waals surface area (Å²) in [7, 11) is 0. The molecule has 0 radical (unpaired) electrons. The minimum atomic E-state index is -4.32. The topological polar surface area (TPSA) is 12.9 Å². The highest BCUT2D eigenvalue weighted by molar-refractivity contribution is 5.88. The summed E-state index contributed by atoms with van der Waals surface area (Å²) < 4.78 is 38.4. The summed E-state index contributed by atoms with van der Waals surface area (Å²) in [5, 5.41) is 0.778. The predicted octanol–water partition coefficient (Wildman–Crippen LogP) is 3.87. The monoisotopic (exact) mass is 225 g/mol. The Hall–Kier alpha value is -1.58. The van der Waals surface area contributed by atoms with E-state index in [0.29, 0.717) is 16.6 Å². The molecule has 16 heavy (non-hydrogen) atoms. The third kappa shape index (κ3) is 1.75. The zero-order valence-corrected chi connectivity index (χ0v) is 8.89. The average Bonchev–Trinajstić information content (AvgIpc) is 2.17. The quantitative estimate of drug-likeness (QED) is 0.663. The molecule has 1 heterocycles. The van der Waals surface area contributed by atoms with Crippen LogP contribution in [0.1, 0.15) is 16.8 Å². The summed E-state index contributed by atoms with van der Waals surface area (Å²) >= 11 is 0. The van der Waals surface area contributed by atoms with Crippen LogP contribution < -0.4 is 0 Å². The summed E-state index contributed by atoms with van der Waals surface area (Å²) in [4.78, 5) is 4.00. The Morgan fingerprint density at radius 3 is 2.38 bits per heavy atom. The van der Waals surface area contributed by atoms with E-state index >= 15 is 0 Å². The van der Waals surface area contributed by atoms with Crippen molar-refractivity contribution in [3.63, 3.8) is 0 Å². The van der Waals surface area contributed by atoms with E-state index in [2.05, 4.69) is 4.98 Å². The number of benzene rings is 1. The van der Waals surface area contributed by atoms with Crippen LogP contribution in [0.4, 0.5) is 13.2 Å². The van der Waals surface area contributed by atoms with Crippen molar-refractivity contribution in [3.05, 3.63) is 41.2 Å². The number of nitrogens with zero attached hydrogens (tertiary/aromatic N) is 1. The Morgan fingerprint density at radius 2 is 1.75 bits per heavy atom. The highest BCUT2D eigenvalue weighted by atomic mass is 19.4. The van der Waals surface area contributed by atoms with Crippen molar-refractivity contribution in [3.8, 4) is 0 Å². The van der Waals surface area contributed by atoms with Crippen molar-refractivity contribution in [2.45, 2.75) is 20.0 Å². The largest absolute Gasteiger partial charge is 0.417 e. The fourth-order valence-corrected chi connectivity index (χ4v) is 1.80. The molecule has 0 spiro atoms. The third-order valence-electron chi connectivity index (χ3n) is 2.53. The zero-order chi connectivity index (χ0) is 11.9. The van der Waals surface area contributed by atoms with Gasteiger partial charge in [-0.1, -0.05) is 0 Å². The molecule has 0 aliphatic heterocycles. The molecule has 0 N–H and O–H groups in total. The molecule has 84 valence electrons. The number of fused-ring (bicyclic) bond motifs is 1. The van der Waals surface area contributed by atoms with E-state index in [-0.39, 0.29) is 5.39 Å². The molecule has 1 aromatic heterocycles. The van der Waals surface area contributed by atoms with Crippen LogP contribution in [0.15, 0.2) is 24.4 Å². The Kier molecular flexibility index (Phi) is 2.37. The molecule has 0 bridgehead atoms. The summed E-state index contributed by atoms with van der Waals surface area (Å²) in [6, 6.07) is 4.30. The maximum atomic E-state index is 12.8. The normalized spacial score (nSPS) is 12.1. The van der Waals surface area contributed by atoms with Crippen LogP contribution in [0, 0.1) is 13.8 Å². The summed E-state index contributed by atoms with van der Waals surface area (Å²) in [5.41, 5.74) is 0.621. The van der Waals surface area contributed by atoms with Gasteiger partial charge in [-0.15, -0.1) is 0 Å². The van der Waals surface area contributed by atoms with Gasteiger partial charge < -0.3 is 0 Å². The van der Waals surface area contributed by atoms with E-state index < -0.39 is 11.7 Å². The molecule has 0 aliphatic carbocycles. The standard InChI is InChI=1S/C12H10F3N/c1-7-5-10-8(2)16-4-3-9(10)11(6-7)12(13,14)15/h3-6H,1-2H3. The Bertz CT molecular complexity index is 544. The lowest BCUT2D eigenvalue weighted by Crippen LogP contribution is -2.06. The lowest BCUT2D eigenvalue weighted by molar-refractivity contribution is -0.136. The van der Waals surface area contributed by atoms with Gasteiger partial charge in [0.1, 0.15) is 0 Å². The molecule has 0 fully saturated rings. The van der Waals surface area contributed by atoms with Crippen LogP contribution in [0.25, 0.3) is 10.8 Å². The van der Waals surface area contributed by atoms with Crippen molar-refractivity contribution < 1.29 is 13.2 Å². The Morgan fingerprint density at radius 1 is 1.06 bits per heavy atom. The number of alkyl halides is 3. The van der Waals surface area contributed by atoms with E-state index in [1.54, 1.807) is 19.9 Å². The molecule has 1 nitrogen and oxygen atoms in total. The van der Waals surface area contributed by atoms with Crippen molar-refractivity contribution in [1.82, 2.24) is 4.98 Å². The van der Waals surface area contributed by atoms with Crippen molar-refractivity contribution in [1.29, 1.82) is 0 Å². The molecule has 0 amide bonds. The fourth-order valence-electron chi connectivity index (χ4n) is 1.80. The van der Waals surface area contributed by atoms with E-state index in [4.69, 9.17) is 0 Å². The first kappa shape index (κ1) is 10.9. The first-order valence-corrected chi connectivity index (χ1v) is 4.83. The third-order valence-corrected chi connectivity index (χ3v) is 2.53. The van der Waals surface area contributed by atoms with Gasteiger partial charge in [0.05, 0.1) is 5.56 Å². The highest BCUT2D eigenvalue weighted by Crippen LogP contribution is 2.35. The molecular formula is C12H10F3N. The number of aryl methyl sites for hydroxylation is 2. The molecule has 1 aromatic carbocycles. The van der Waals surface area contributed by atoms with Crippen LogP contribution in [0.5, 0.6) is 0 Å². The number of hydrogen-bond donors (Lipinski definition) is 0. The second-order valence-electron chi connectivity index (χ2n) is 3.80. The smallest absolute Gasteiger partial charge is 0.261 e. The van der Waals surface area contributed by atoms with Gasteiger partial charge >= 0.3 is 6.18 Å². The Balaban J connectivity index is 2.89. The number of halogens is 3. The van der Waals surface area contributed by atoms with Crippen molar-refractivity contribution >= 4 is 10.8 Å². The van der Waals surface area contributed by atoms with E-state index in [0.717, 1.165) is 0 Å². The van der Waals surface area contributed by atoms with Crippen LogP contribution in [0.3, 0.4) is 0 Å². The molecule has 0 aliphatic rings. The lowest BCUT2D eigenvalue weighted by atomic mass is 10.0. The number of hydrogen-bond acceptors (Lipinski definition) is 1.